The lowest BCUT2D eigenvalue weighted by Gasteiger charge is -2.31. The Morgan fingerprint density at radius 2 is 2.00 bits per heavy atom. The average Bonchev–Trinajstić information content (AvgIpc) is 2.93. The first-order valence-corrected chi connectivity index (χ1v) is 8.30. The summed E-state index contributed by atoms with van der Waals surface area (Å²) in [6, 6.07) is 6.19. The lowest BCUT2D eigenvalue weighted by atomic mass is 10.1. The van der Waals surface area contributed by atoms with Gasteiger partial charge in [-0.25, -0.2) is 0 Å². The van der Waals surface area contributed by atoms with Crippen molar-refractivity contribution in [3.8, 4) is 0 Å². The molecule has 124 valence electrons. The Balaban J connectivity index is 1.63. The highest BCUT2D eigenvalue weighted by Gasteiger charge is 2.38. The molecule has 23 heavy (non-hydrogen) atoms. The lowest BCUT2D eigenvalue weighted by Crippen LogP contribution is -2.41. The number of likely N-dealkylation sites (tertiary alicyclic amines) is 1. The molecule has 2 fully saturated rings. The van der Waals surface area contributed by atoms with E-state index in [1.54, 1.807) is 0 Å². The first-order chi connectivity index (χ1) is 11.0. The topological polar surface area (TPSA) is 58.6 Å². The van der Waals surface area contributed by atoms with Crippen molar-refractivity contribution in [3.63, 3.8) is 0 Å². The van der Waals surface area contributed by atoms with E-state index in [0.717, 1.165) is 24.1 Å². The van der Waals surface area contributed by atoms with Crippen molar-refractivity contribution in [1.29, 1.82) is 0 Å². The monoisotopic (exact) mass is 316 g/mol. The molecule has 0 aromatic heterocycles. The number of rotatable bonds is 3. The minimum Gasteiger partial charge on any atom is -0.381 e. The standard InChI is InChI=1S/C18H24N2O3/c1-12-3-4-16(13(2)9-12)19-18(22)14-10-17(21)20(11-14)15-5-7-23-8-6-15/h3-4,9,14-15H,5-8,10-11H2,1-2H3,(H,19,22). The Bertz CT molecular complexity index is 608. The predicted molar refractivity (Wildman–Crippen MR) is 88.2 cm³/mol. The zero-order valence-corrected chi connectivity index (χ0v) is 13.8. The fourth-order valence-electron chi connectivity index (χ4n) is 3.45. The SMILES string of the molecule is Cc1ccc(NC(=O)C2CC(=O)N(C3CCOCC3)C2)c(C)c1. The van der Waals surface area contributed by atoms with Crippen LogP contribution in [0.4, 0.5) is 5.69 Å². The minimum atomic E-state index is -0.258. The number of amides is 2. The van der Waals surface area contributed by atoms with Crippen molar-refractivity contribution in [1.82, 2.24) is 4.90 Å². The van der Waals surface area contributed by atoms with Crippen molar-refractivity contribution in [2.75, 3.05) is 25.1 Å². The van der Waals surface area contributed by atoms with Crippen molar-refractivity contribution in [3.05, 3.63) is 29.3 Å². The molecular weight excluding hydrogens is 292 g/mol. The average molecular weight is 316 g/mol. The summed E-state index contributed by atoms with van der Waals surface area (Å²) in [5, 5.41) is 2.98. The van der Waals surface area contributed by atoms with Crippen LogP contribution in [0, 0.1) is 19.8 Å². The van der Waals surface area contributed by atoms with Gasteiger partial charge in [-0.1, -0.05) is 17.7 Å². The third-order valence-corrected chi connectivity index (χ3v) is 4.80. The summed E-state index contributed by atoms with van der Waals surface area (Å²) >= 11 is 0. The van der Waals surface area contributed by atoms with E-state index in [2.05, 4.69) is 5.32 Å². The highest BCUT2D eigenvalue weighted by molar-refractivity contribution is 5.97. The number of carbonyl (C=O) groups excluding carboxylic acids is 2. The fraction of sp³-hybridized carbons (Fsp3) is 0.556. The summed E-state index contributed by atoms with van der Waals surface area (Å²) in [6.45, 7) is 5.94. The maximum absolute atomic E-state index is 12.5. The number of hydrogen-bond donors (Lipinski definition) is 1. The number of nitrogens with one attached hydrogen (secondary N) is 1. The first kappa shape index (κ1) is 16.0. The second kappa shape index (κ2) is 6.71. The molecule has 2 saturated heterocycles. The number of hydrogen-bond acceptors (Lipinski definition) is 3. The van der Waals surface area contributed by atoms with E-state index in [-0.39, 0.29) is 23.8 Å². The van der Waals surface area contributed by atoms with Gasteiger partial charge in [0.1, 0.15) is 0 Å². The Labute approximate surface area is 137 Å². The molecule has 1 aromatic rings. The smallest absolute Gasteiger partial charge is 0.229 e. The van der Waals surface area contributed by atoms with Crippen LogP contribution in [0.3, 0.4) is 0 Å². The molecule has 5 heteroatoms. The van der Waals surface area contributed by atoms with E-state index in [1.165, 1.54) is 5.56 Å². The Morgan fingerprint density at radius 1 is 1.26 bits per heavy atom. The third kappa shape index (κ3) is 3.55. The molecule has 2 heterocycles. The van der Waals surface area contributed by atoms with E-state index in [1.807, 2.05) is 36.9 Å². The number of nitrogens with zero attached hydrogens (tertiary/aromatic N) is 1. The van der Waals surface area contributed by atoms with Gasteiger partial charge in [-0.15, -0.1) is 0 Å². The van der Waals surface area contributed by atoms with Crippen LogP contribution >= 0.6 is 0 Å². The van der Waals surface area contributed by atoms with Crippen LogP contribution in [0.2, 0.25) is 0 Å². The van der Waals surface area contributed by atoms with Crippen LogP contribution < -0.4 is 5.32 Å². The van der Waals surface area contributed by atoms with E-state index < -0.39 is 0 Å². The van der Waals surface area contributed by atoms with Crippen molar-refractivity contribution in [2.24, 2.45) is 5.92 Å². The van der Waals surface area contributed by atoms with Gasteiger partial charge in [0.15, 0.2) is 0 Å². The largest absolute Gasteiger partial charge is 0.381 e. The molecule has 0 aliphatic carbocycles. The maximum Gasteiger partial charge on any atom is 0.229 e. The lowest BCUT2D eigenvalue weighted by molar-refractivity contribution is -0.131. The number of ether oxygens (including phenoxy) is 1. The molecule has 5 nitrogen and oxygen atoms in total. The molecule has 3 rings (SSSR count). The zero-order valence-electron chi connectivity index (χ0n) is 13.8. The van der Waals surface area contributed by atoms with Crippen LogP contribution in [-0.2, 0) is 14.3 Å². The van der Waals surface area contributed by atoms with Crippen LogP contribution in [0.25, 0.3) is 0 Å². The summed E-state index contributed by atoms with van der Waals surface area (Å²) in [5.41, 5.74) is 3.05. The van der Waals surface area contributed by atoms with Gasteiger partial charge in [-0.05, 0) is 38.3 Å². The Hall–Kier alpha value is -1.88. The fourth-order valence-corrected chi connectivity index (χ4v) is 3.45. The van der Waals surface area contributed by atoms with Crippen LogP contribution in [0.1, 0.15) is 30.4 Å². The molecule has 0 saturated carbocycles. The molecule has 1 atom stereocenters. The summed E-state index contributed by atoms with van der Waals surface area (Å²) in [5.74, 6) is -0.219. The van der Waals surface area contributed by atoms with E-state index in [9.17, 15) is 9.59 Å². The molecule has 1 N–H and O–H groups in total. The molecule has 1 aromatic carbocycles. The number of anilines is 1. The molecule has 2 aliphatic rings. The molecule has 2 amide bonds. The Morgan fingerprint density at radius 3 is 2.70 bits per heavy atom. The van der Waals surface area contributed by atoms with Gasteiger partial charge in [0.25, 0.3) is 0 Å². The first-order valence-electron chi connectivity index (χ1n) is 8.30. The van der Waals surface area contributed by atoms with Gasteiger partial charge in [-0.2, -0.15) is 0 Å². The van der Waals surface area contributed by atoms with Gasteiger partial charge in [0.2, 0.25) is 11.8 Å². The number of benzene rings is 1. The van der Waals surface area contributed by atoms with Crippen LogP contribution in [-0.4, -0.2) is 42.5 Å². The quantitative estimate of drug-likeness (QED) is 0.930. The molecule has 0 spiro atoms. The van der Waals surface area contributed by atoms with E-state index in [4.69, 9.17) is 4.74 Å². The molecule has 1 unspecified atom stereocenters. The molecule has 2 aliphatic heterocycles. The maximum atomic E-state index is 12.5. The van der Waals surface area contributed by atoms with Gasteiger partial charge in [0, 0.05) is 37.9 Å². The normalized spacial score (nSPS) is 22.4. The highest BCUT2D eigenvalue weighted by atomic mass is 16.5. The second-order valence-corrected chi connectivity index (χ2v) is 6.60. The van der Waals surface area contributed by atoms with Gasteiger partial charge in [-0.3, -0.25) is 9.59 Å². The molecular formula is C18H24N2O3. The van der Waals surface area contributed by atoms with E-state index >= 15 is 0 Å². The summed E-state index contributed by atoms with van der Waals surface area (Å²) < 4.78 is 5.35. The number of carbonyl (C=O) groups is 2. The number of aryl methyl sites for hydroxylation is 2. The van der Waals surface area contributed by atoms with E-state index in [0.29, 0.717) is 26.2 Å². The van der Waals surface area contributed by atoms with Crippen molar-refractivity contribution in [2.45, 2.75) is 39.2 Å². The third-order valence-electron chi connectivity index (χ3n) is 4.80. The summed E-state index contributed by atoms with van der Waals surface area (Å²) in [6.07, 6.45) is 2.06. The van der Waals surface area contributed by atoms with Gasteiger partial charge in [0.05, 0.1) is 5.92 Å². The zero-order chi connectivity index (χ0) is 16.4. The predicted octanol–water partition coefficient (Wildman–Crippen LogP) is 2.27. The minimum absolute atomic E-state index is 0.0557. The molecule has 0 radical (unpaired) electrons. The van der Waals surface area contributed by atoms with Gasteiger partial charge >= 0.3 is 0 Å². The highest BCUT2D eigenvalue weighted by Crippen LogP contribution is 2.26. The van der Waals surface area contributed by atoms with Gasteiger partial charge < -0.3 is 15.0 Å². The van der Waals surface area contributed by atoms with Crippen LogP contribution in [0.15, 0.2) is 18.2 Å². The van der Waals surface area contributed by atoms with Crippen molar-refractivity contribution < 1.29 is 14.3 Å². The summed E-state index contributed by atoms with van der Waals surface area (Å²) in [4.78, 5) is 26.7. The summed E-state index contributed by atoms with van der Waals surface area (Å²) in [7, 11) is 0. The van der Waals surface area contributed by atoms with Crippen molar-refractivity contribution >= 4 is 17.5 Å². The molecule has 0 bridgehead atoms. The Kier molecular flexibility index (Phi) is 4.66. The second-order valence-electron chi connectivity index (χ2n) is 6.60. The van der Waals surface area contributed by atoms with Crippen LogP contribution in [0.5, 0.6) is 0 Å².